The smallest absolute Gasteiger partial charge is 0.236 e. The molecule has 0 atom stereocenters. The van der Waals surface area contributed by atoms with E-state index in [9.17, 15) is 4.79 Å². The molecule has 92 valence electrons. The van der Waals surface area contributed by atoms with Crippen molar-refractivity contribution in [3.63, 3.8) is 0 Å². The lowest BCUT2D eigenvalue weighted by atomic mass is 10.1. The largest absolute Gasteiger partial charge is 0.342 e. The third kappa shape index (κ3) is 4.93. The summed E-state index contributed by atoms with van der Waals surface area (Å²) < 4.78 is 0. The van der Waals surface area contributed by atoms with Gasteiger partial charge in [0.05, 0.1) is 19.6 Å². The number of likely N-dealkylation sites (tertiary alicyclic amines) is 1. The van der Waals surface area contributed by atoms with E-state index in [-0.39, 0.29) is 5.91 Å². The van der Waals surface area contributed by atoms with Crippen LogP contribution in [0.4, 0.5) is 0 Å². The summed E-state index contributed by atoms with van der Waals surface area (Å²) in [7, 11) is 0. The van der Waals surface area contributed by atoms with Crippen LogP contribution >= 0.6 is 0 Å². The first kappa shape index (κ1) is 13.6. The fourth-order valence-corrected chi connectivity index (χ4v) is 1.92. The highest BCUT2D eigenvalue weighted by atomic mass is 16.2. The van der Waals surface area contributed by atoms with Crippen LogP contribution in [-0.2, 0) is 4.79 Å². The number of terminal acetylenes is 1. The van der Waals surface area contributed by atoms with E-state index in [1.54, 1.807) is 6.92 Å². The van der Waals surface area contributed by atoms with Crippen molar-refractivity contribution in [3.8, 4) is 24.2 Å². The quantitative estimate of drug-likeness (QED) is 0.674. The minimum atomic E-state index is 0.179. The molecular weight excluding hydrogens is 212 g/mol. The van der Waals surface area contributed by atoms with Crippen molar-refractivity contribution in [1.82, 2.24) is 9.80 Å². The number of amides is 1. The van der Waals surface area contributed by atoms with Gasteiger partial charge in [-0.2, -0.15) is 0 Å². The molecule has 0 aliphatic carbocycles. The average molecular weight is 232 g/mol. The van der Waals surface area contributed by atoms with Gasteiger partial charge in [-0.25, -0.2) is 0 Å². The van der Waals surface area contributed by atoms with E-state index < -0.39 is 0 Å². The van der Waals surface area contributed by atoms with E-state index in [4.69, 9.17) is 6.42 Å². The number of nitrogens with zero attached hydrogens (tertiary/aromatic N) is 2. The van der Waals surface area contributed by atoms with Gasteiger partial charge in [-0.15, -0.1) is 12.3 Å². The third-order valence-electron chi connectivity index (χ3n) is 2.86. The molecule has 0 N–H and O–H groups in total. The zero-order valence-corrected chi connectivity index (χ0v) is 10.5. The van der Waals surface area contributed by atoms with Gasteiger partial charge in [0.25, 0.3) is 0 Å². The lowest BCUT2D eigenvalue weighted by Gasteiger charge is -2.28. The predicted molar refractivity (Wildman–Crippen MR) is 69.2 cm³/mol. The Morgan fingerprint density at radius 1 is 1.29 bits per heavy atom. The van der Waals surface area contributed by atoms with E-state index in [1.165, 1.54) is 6.42 Å². The average Bonchev–Trinajstić information content (AvgIpc) is 2.37. The summed E-state index contributed by atoms with van der Waals surface area (Å²) in [4.78, 5) is 15.9. The third-order valence-corrected chi connectivity index (χ3v) is 2.86. The van der Waals surface area contributed by atoms with Crippen LogP contribution in [0.5, 0.6) is 0 Å². The molecule has 0 saturated carbocycles. The Balaban J connectivity index is 2.43. The van der Waals surface area contributed by atoms with Crippen molar-refractivity contribution in [3.05, 3.63) is 0 Å². The van der Waals surface area contributed by atoms with Gasteiger partial charge in [-0.3, -0.25) is 9.69 Å². The summed E-state index contributed by atoms with van der Waals surface area (Å²) in [5, 5.41) is 0. The highest BCUT2D eigenvalue weighted by Crippen LogP contribution is 2.09. The Hall–Kier alpha value is -1.45. The highest BCUT2D eigenvalue weighted by Gasteiger charge is 2.18. The molecule has 0 radical (unpaired) electrons. The van der Waals surface area contributed by atoms with Crippen LogP contribution in [0.2, 0.25) is 0 Å². The van der Waals surface area contributed by atoms with Crippen molar-refractivity contribution in [2.75, 3.05) is 32.7 Å². The van der Waals surface area contributed by atoms with Gasteiger partial charge < -0.3 is 4.90 Å². The molecule has 1 aliphatic heterocycles. The monoisotopic (exact) mass is 232 g/mol. The second-order valence-electron chi connectivity index (χ2n) is 4.22. The van der Waals surface area contributed by atoms with Crippen LogP contribution in [0.1, 0.15) is 26.2 Å². The molecule has 0 unspecified atom stereocenters. The van der Waals surface area contributed by atoms with E-state index in [1.807, 2.05) is 9.80 Å². The fourth-order valence-electron chi connectivity index (χ4n) is 1.92. The molecule has 1 aliphatic rings. The maximum atomic E-state index is 12.0. The molecule has 0 aromatic carbocycles. The molecule has 3 heteroatoms. The molecule has 1 amide bonds. The Morgan fingerprint density at radius 2 is 2.00 bits per heavy atom. The van der Waals surface area contributed by atoms with Crippen LogP contribution < -0.4 is 0 Å². The standard InChI is InChI=1S/C14H20N2O/c1-3-5-10-15(9-4-2)13-14(17)16-11-7-6-8-12-16/h2H,6-13H2,1H3. The van der Waals surface area contributed by atoms with Crippen molar-refractivity contribution in [2.45, 2.75) is 26.2 Å². The normalized spacial score (nSPS) is 15.0. The Labute approximate surface area is 104 Å². The van der Waals surface area contributed by atoms with Gasteiger partial charge in [0.2, 0.25) is 5.91 Å². The van der Waals surface area contributed by atoms with E-state index in [2.05, 4.69) is 17.8 Å². The SMILES string of the molecule is C#CCN(CC#CC)CC(=O)N1CCCCC1. The van der Waals surface area contributed by atoms with Crippen LogP contribution in [0.3, 0.4) is 0 Å². The fraction of sp³-hybridized carbons (Fsp3) is 0.643. The maximum absolute atomic E-state index is 12.0. The molecule has 1 heterocycles. The van der Waals surface area contributed by atoms with Crippen LogP contribution in [-0.4, -0.2) is 48.4 Å². The van der Waals surface area contributed by atoms with Crippen molar-refractivity contribution in [2.24, 2.45) is 0 Å². The molecule has 0 aromatic rings. The summed E-state index contributed by atoms with van der Waals surface area (Å²) in [5.41, 5.74) is 0. The maximum Gasteiger partial charge on any atom is 0.236 e. The number of carbonyl (C=O) groups is 1. The van der Waals surface area contributed by atoms with Gasteiger partial charge >= 0.3 is 0 Å². The van der Waals surface area contributed by atoms with Crippen LogP contribution in [0.25, 0.3) is 0 Å². The van der Waals surface area contributed by atoms with Gasteiger partial charge in [0.1, 0.15) is 0 Å². The highest BCUT2D eigenvalue weighted by molar-refractivity contribution is 5.78. The van der Waals surface area contributed by atoms with Crippen LogP contribution in [0.15, 0.2) is 0 Å². The van der Waals surface area contributed by atoms with Gasteiger partial charge in [0.15, 0.2) is 0 Å². The Bertz CT molecular complexity index is 339. The van der Waals surface area contributed by atoms with Gasteiger partial charge in [-0.1, -0.05) is 11.8 Å². The van der Waals surface area contributed by atoms with E-state index in [0.717, 1.165) is 25.9 Å². The van der Waals surface area contributed by atoms with E-state index in [0.29, 0.717) is 19.6 Å². The molecule has 1 fully saturated rings. The minimum Gasteiger partial charge on any atom is -0.342 e. The molecule has 17 heavy (non-hydrogen) atoms. The second-order valence-corrected chi connectivity index (χ2v) is 4.22. The van der Waals surface area contributed by atoms with Crippen LogP contribution in [0, 0.1) is 24.2 Å². The molecule has 0 aromatic heterocycles. The van der Waals surface area contributed by atoms with Crippen molar-refractivity contribution < 1.29 is 4.79 Å². The predicted octanol–water partition coefficient (Wildman–Crippen LogP) is 0.957. The molecule has 0 spiro atoms. The molecule has 0 bridgehead atoms. The zero-order valence-electron chi connectivity index (χ0n) is 10.5. The molecule has 3 nitrogen and oxygen atoms in total. The number of hydrogen-bond donors (Lipinski definition) is 0. The molecule has 1 rings (SSSR count). The van der Waals surface area contributed by atoms with Crippen molar-refractivity contribution in [1.29, 1.82) is 0 Å². The number of hydrogen-bond acceptors (Lipinski definition) is 2. The molecular formula is C14H20N2O. The van der Waals surface area contributed by atoms with Gasteiger partial charge in [-0.05, 0) is 26.2 Å². The summed E-state index contributed by atoms with van der Waals surface area (Å²) >= 11 is 0. The van der Waals surface area contributed by atoms with Gasteiger partial charge in [0, 0.05) is 13.1 Å². The summed E-state index contributed by atoms with van der Waals surface area (Å²) in [5.74, 6) is 8.53. The summed E-state index contributed by atoms with van der Waals surface area (Å²) in [6.07, 6.45) is 8.77. The zero-order chi connectivity index (χ0) is 12.5. The Morgan fingerprint density at radius 3 is 2.59 bits per heavy atom. The number of carbonyl (C=O) groups excluding carboxylic acids is 1. The molecule has 1 saturated heterocycles. The summed E-state index contributed by atoms with van der Waals surface area (Å²) in [6, 6.07) is 0. The number of rotatable bonds is 4. The second kappa shape index (κ2) is 7.76. The van der Waals surface area contributed by atoms with Crippen molar-refractivity contribution >= 4 is 5.91 Å². The first-order valence-corrected chi connectivity index (χ1v) is 6.11. The first-order chi connectivity index (χ1) is 8.27. The lowest BCUT2D eigenvalue weighted by molar-refractivity contribution is -0.133. The Kier molecular flexibility index (Phi) is 6.22. The first-order valence-electron chi connectivity index (χ1n) is 6.11. The summed E-state index contributed by atoms with van der Waals surface area (Å²) in [6.45, 7) is 5.01. The number of piperidine rings is 1. The topological polar surface area (TPSA) is 23.6 Å². The van der Waals surface area contributed by atoms with E-state index >= 15 is 0 Å². The lowest BCUT2D eigenvalue weighted by Crippen LogP contribution is -2.43. The minimum absolute atomic E-state index is 0.179.